The van der Waals surface area contributed by atoms with Gasteiger partial charge in [-0.1, -0.05) is 45.1 Å². The van der Waals surface area contributed by atoms with Crippen LogP contribution in [0.15, 0.2) is 41.3 Å². The molecule has 21 heavy (non-hydrogen) atoms. The van der Waals surface area contributed by atoms with E-state index in [0.717, 1.165) is 18.4 Å². The van der Waals surface area contributed by atoms with E-state index >= 15 is 0 Å². The Morgan fingerprint density at radius 2 is 1.71 bits per heavy atom. The average molecular weight is 305 g/mol. The minimum absolute atomic E-state index is 0.0329. The maximum Gasteiger partial charge on any atom is 0.240 e. The first-order chi connectivity index (χ1) is 9.75. The van der Waals surface area contributed by atoms with Crippen molar-refractivity contribution in [2.75, 3.05) is 0 Å². The van der Waals surface area contributed by atoms with Gasteiger partial charge >= 0.3 is 0 Å². The molecule has 2 aliphatic carbocycles. The van der Waals surface area contributed by atoms with Crippen molar-refractivity contribution in [3.8, 4) is 0 Å². The Labute approximate surface area is 127 Å². The maximum atomic E-state index is 12.5. The van der Waals surface area contributed by atoms with Gasteiger partial charge in [0.15, 0.2) is 0 Å². The van der Waals surface area contributed by atoms with E-state index < -0.39 is 10.0 Å². The fourth-order valence-corrected chi connectivity index (χ4v) is 4.62. The number of nitrogens with one attached hydrogen (secondary N) is 1. The number of hydrogen-bond acceptors (Lipinski definition) is 2. The highest BCUT2D eigenvalue weighted by Crippen LogP contribution is 2.39. The summed E-state index contributed by atoms with van der Waals surface area (Å²) in [6.45, 7) is 6.36. The normalized spacial score (nSPS) is 28.2. The molecule has 3 atom stereocenters. The Balaban J connectivity index is 1.77. The lowest BCUT2D eigenvalue weighted by molar-refractivity contribution is 0.503. The Bertz CT molecular complexity index is 653. The number of allylic oxidation sites excluding steroid dienone is 1. The number of benzene rings is 1. The number of rotatable bonds is 3. The third-order valence-corrected chi connectivity index (χ3v) is 6.12. The van der Waals surface area contributed by atoms with Gasteiger partial charge in [-0.25, -0.2) is 13.1 Å². The Morgan fingerprint density at radius 1 is 1.05 bits per heavy atom. The van der Waals surface area contributed by atoms with Gasteiger partial charge in [-0.2, -0.15) is 0 Å². The van der Waals surface area contributed by atoms with Crippen molar-refractivity contribution in [1.82, 2.24) is 4.72 Å². The summed E-state index contributed by atoms with van der Waals surface area (Å²) in [5.41, 5.74) is 1.18. The molecule has 0 aromatic heterocycles. The average Bonchev–Trinajstić information content (AvgIpc) is 2.99. The Kier molecular flexibility index (Phi) is 3.49. The molecule has 3 unspecified atom stereocenters. The maximum absolute atomic E-state index is 12.5. The molecule has 0 saturated heterocycles. The van der Waals surface area contributed by atoms with Crippen molar-refractivity contribution < 1.29 is 8.42 Å². The largest absolute Gasteiger partial charge is 0.240 e. The van der Waals surface area contributed by atoms with Gasteiger partial charge in [-0.05, 0) is 47.8 Å². The lowest BCUT2D eigenvalue weighted by Crippen LogP contribution is -2.37. The summed E-state index contributed by atoms with van der Waals surface area (Å²) < 4.78 is 27.9. The van der Waals surface area contributed by atoms with E-state index in [1.807, 2.05) is 12.1 Å². The van der Waals surface area contributed by atoms with E-state index in [0.29, 0.717) is 16.7 Å². The Hall–Kier alpha value is -1.13. The van der Waals surface area contributed by atoms with Crippen molar-refractivity contribution in [1.29, 1.82) is 0 Å². The molecule has 1 aromatic rings. The second kappa shape index (κ2) is 4.96. The highest BCUT2D eigenvalue weighted by Gasteiger charge is 2.37. The van der Waals surface area contributed by atoms with Crippen LogP contribution in [0.3, 0.4) is 0 Å². The summed E-state index contributed by atoms with van der Waals surface area (Å²) in [7, 11) is -3.41. The molecule has 2 aliphatic rings. The molecule has 0 aliphatic heterocycles. The molecule has 114 valence electrons. The molecule has 1 N–H and O–H groups in total. The van der Waals surface area contributed by atoms with E-state index in [1.54, 1.807) is 12.1 Å². The molecule has 0 radical (unpaired) electrons. The minimum Gasteiger partial charge on any atom is -0.207 e. The zero-order valence-corrected chi connectivity index (χ0v) is 13.7. The van der Waals surface area contributed by atoms with E-state index in [9.17, 15) is 8.42 Å². The van der Waals surface area contributed by atoms with Crippen LogP contribution in [0.2, 0.25) is 0 Å². The summed E-state index contributed by atoms with van der Waals surface area (Å²) in [6, 6.07) is 7.31. The van der Waals surface area contributed by atoms with E-state index in [4.69, 9.17) is 0 Å². The summed E-state index contributed by atoms with van der Waals surface area (Å²) in [5, 5.41) is 0. The second-order valence-electron chi connectivity index (χ2n) is 7.28. The minimum atomic E-state index is -3.41. The zero-order chi connectivity index (χ0) is 15.3. The number of hydrogen-bond donors (Lipinski definition) is 1. The number of fused-ring (bicyclic) bond motifs is 2. The first-order valence-corrected chi connectivity index (χ1v) is 9.05. The quantitative estimate of drug-likeness (QED) is 0.872. The first kappa shape index (κ1) is 14.8. The van der Waals surface area contributed by atoms with Crippen molar-refractivity contribution in [2.24, 2.45) is 11.8 Å². The van der Waals surface area contributed by atoms with Crippen molar-refractivity contribution in [3.05, 3.63) is 42.0 Å². The van der Waals surface area contributed by atoms with Crippen LogP contribution in [0.4, 0.5) is 0 Å². The molecule has 3 rings (SSSR count). The van der Waals surface area contributed by atoms with Crippen molar-refractivity contribution in [3.63, 3.8) is 0 Å². The zero-order valence-electron chi connectivity index (χ0n) is 12.8. The van der Waals surface area contributed by atoms with Gasteiger partial charge in [0.1, 0.15) is 0 Å². The van der Waals surface area contributed by atoms with Gasteiger partial charge in [0.2, 0.25) is 10.0 Å². The van der Waals surface area contributed by atoms with Crippen LogP contribution in [-0.4, -0.2) is 14.5 Å². The van der Waals surface area contributed by atoms with Crippen molar-refractivity contribution in [2.45, 2.75) is 50.0 Å². The predicted molar refractivity (Wildman–Crippen MR) is 84.6 cm³/mol. The summed E-state index contributed by atoms with van der Waals surface area (Å²) in [5.74, 6) is 0.935. The molecular formula is C17H23NO2S. The number of sulfonamides is 1. The van der Waals surface area contributed by atoms with E-state index in [-0.39, 0.29) is 11.5 Å². The highest BCUT2D eigenvalue weighted by molar-refractivity contribution is 7.89. The molecule has 1 fully saturated rings. The van der Waals surface area contributed by atoms with E-state index in [2.05, 4.69) is 37.6 Å². The Morgan fingerprint density at radius 3 is 2.19 bits per heavy atom. The lowest BCUT2D eigenvalue weighted by atomic mass is 9.87. The second-order valence-corrected chi connectivity index (χ2v) is 9.00. The first-order valence-electron chi connectivity index (χ1n) is 7.57. The van der Waals surface area contributed by atoms with Crippen molar-refractivity contribution >= 4 is 10.0 Å². The lowest BCUT2D eigenvalue weighted by Gasteiger charge is -2.21. The van der Waals surface area contributed by atoms with Gasteiger partial charge < -0.3 is 0 Å². The van der Waals surface area contributed by atoms with Crippen LogP contribution >= 0.6 is 0 Å². The molecule has 3 nitrogen and oxygen atoms in total. The van der Waals surface area contributed by atoms with Crippen LogP contribution in [0, 0.1) is 11.8 Å². The van der Waals surface area contributed by atoms with Crippen LogP contribution in [0.5, 0.6) is 0 Å². The predicted octanol–water partition coefficient (Wildman–Crippen LogP) is 3.23. The van der Waals surface area contributed by atoms with E-state index in [1.165, 1.54) is 0 Å². The van der Waals surface area contributed by atoms with Crippen LogP contribution < -0.4 is 4.72 Å². The van der Waals surface area contributed by atoms with Gasteiger partial charge in [-0.3, -0.25) is 0 Å². The fraction of sp³-hybridized carbons (Fsp3) is 0.529. The topological polar surface area (TPSA) is 46.2 Å². The summed E-state index contributed by atoms with van der Waals surface area (Å²) in [4.78, 5) is 0.363. The molecular weight excluding hydrogens is 282 g/mol. The monoisotopic (exact) mass is 305 g/mol. The standard InChI is InChI=1S/C17H23NO2S/c1-17(2,3)14-6-8-15(9-7-14)21(19,20)18-16-11-12-4-5-13(16)10-12/h4-9,12-13,16,18H,10-11H2,1-3H3. The fourth-order valence-electron chi connectivity index (χ4n) is 3.32. The molecule has 1 aromatic carbocycles. The molecule has 4 heteroatoms. The third-order valence-electron chi connectivity index (χ3n) is 4.62. The van der Waals surface area contributed by atoms with Crippen LogP contribution in [0.1, 0.15) is 39.2 Å². The molecule has 0 spiro atoms. The molecule has 0 amide bonds. The molecule has 1 saturated carbocycles. The molecule has 0 heterocycles. The van der Waals surface area contributed by atoms with Crippen LogP contribution in [-0.2, 0) is 15.4 Å². The van der Waals surface area contributed by atoms with Crippen LogP contribution in [0.25, 0.3) is 0 Å². The summed E-state index contributed by atoms with van der Waals surface area (Å²) >= 11 is 0. The summed E-state index contributed by atoms with van der Waals surface area (Å²) in [6.07, 6.45) is 6.40. The third kappa shape index (κ3) is 2.92. The van der Waals surface area contributed by atoms with Gasteiger partial charge in [0.05, 0.1) is 4.90 Å². The smallest absolute Gasteiger partial charge is 0.207 e. The SMILES string of the molecule is CC(C)(C)c1ccc(S(=O)(=O)NC2CC3C=CC2C3)cc1. The highest BCUT2D eigenvalue weighted by atomic mass is 32.2. The van der Waals surface area contributed by atoms with Gasteiger partial charge in [0, 0.05) is 6.04 Å². The molecule has 2 bridgehead atoms. The van der Waals surface area contributed by atoms with Gasteiger partial charge in [-0.15, -0.1) is 0 Å². The van der Waals surface area contributed by atoms with Gasteiger partial charge in [0.25, 0.3) is 0 Å².